The summed E-state index contributed by atoms with van der Waals surface area (Å²) in [5.74, 6) is -3.84. The zero-order valence-electron chi connectivity index (χ0n) is 7.32. The van der Waals surface area contributed by atoms with Gasteiger partial charge in [0.25, 0.3) is 0 Å². The van der Waals surface area contributed by atoms with Crippen LogP contribution in [0, 0.1) is 17.5 Å². The molecular weight excluding hydrogens is 232 g/mol. The number of benzene rings is 1. The van der Waals surface area contributed by atoms with Gasteiger partial charge in [0.1, 0.15) is 0 Å². The van der Waals surface area contributed by atoms with Crippen molar-refractivity contribution in [2.45, 2.75) is 0 Å². The molecule has 0 amide bonds. The summed E-state index contributed by atoms with van der Waals surface area (Å²) in [4.78, 5) is 14.2. The van der Waals surface area contributed by atoms with E-state index in [-0.39, 0.29) is 5.56 Å². The van der Waals surface area contributed by atoms with Crippen molar-refractivity contribution in [1.82, 2.24) is 0 Å². The molecule has 0 atom stereocenters. The van der Waals surface area contributed by atoms with Crippen molar-refractivity contribution in [3.8, 4) is 0 Å². The fourth-order valence-electron chi connectivity index (χ4n) is 0.698. The van der Waals surface area contributed by atoms with E-state index in [9.17, 15) is 13.2 Å². The molecule has 0 bridgehead atoms. The van der Waals surface area contributed by atoms with Crippen LogP contribution in [0.5, 0.6) is 0 Å². The Hall–Kier alpha value is -1.23. The van der Waals surface area contributed by atoms with E-state index in [0.29, 0.717) is 0 Å². The Bertz CT molecular complexity index is 378. The van der Waals surface area contributed by atoms with Crippen molar-refractivity contribution < 1.29 is 27.5 Å². The van der Waals surface area contributed by atoms with Gasteiger partial charge in [-0.25, -0.2) is 13.2 Å². The zero-order chi connectivity index (χ0) is 12.0. The summed E-state index contributed by atoms with van der Waals surface area (Å²) < 4.78 is 45.9. The van der Waals surface area contributed by atoms with Crippen LogP contribution in [-0.2, 0) is 4.57 Å². The van der Waals surface area contributed by atoms with Crippen LogP contribution >= 0.6 is 8.25 Å². The Balaban J connectivity index is 0.000000423. The first-order valence-corrected chi connectivity index (χ1v) is 4.67. The van der Waals surface area contributed by atoms with Crippen molar-refractivity contribution in [1.29, 1.82) is 0 Å². The number of halogens is 3. The minimum Gasteiger partial charge on any atom is -0.204 e. The number of rotatable bonds is 1. The molecule has 0 saturated heterocycles. The lowest BCUT2D eigenvalue weighted by molar-refractivity contribution is 0.405. The molecule has 3 nitrogen and oxygen atoms in total. The second-order valence-corrected chi connectivity index (χ2v) is 2.73. The van der Waals surface area contributed by atoms with Gasteiger partial charge in [0, 0.05) is 10.1 Å². The van der Waals surface area contributed by atoms with Crippen LogP contribution in [0.15, 0.2) is 18.7 Å². The molecule has 1 aromatic carbocycles. The topological polar surface area (TPSA) is 57.5 Å². The first kappa shape index (κ1) is 13.8. The van der Waals surface area contributed by atoms with Crippen molar-refractivity contribution >= 4 is 14.3 Å². The van der Waals surface area contributed by atoms with Gasteiger partial charge in [-0.05, 0) is 12.1 Å². The van der Waals surface area contributed by atoms with E-state index in [1.165, 1.54) is 0 Å². The quantitative estimate of drug-likeness (QED) is 0.584. The van der Waals surface area contributed by atoms with Crippen LogP contribution in [0.25, 0.3) is 6.08 Å². The minimum absolute atomic E-state index is 0.0381. The molecule has 0 unspecified atom stereocenters. The Morgan fingerprint density at radius 3 is 2.07 bits per heavy atom. The van der Waals surface area contributed by atoms with Gasteiger partial charge in [-0.15, -0.1) is 9.79 Å². The summed E-state index contributed by atoms with van der Waals surface area (Å²) >= 11 is 0. The lowest BCUT2D eigenvalue weighted by Gasteiger charge is -1.97. The Labute approximate surface area is 84.4 Å². The minimum atomic E-state index is -2.87. The van der Waals surface area contributed by atoms with Crippen LogP contribution in [0.2, 0.25) is 0 Å². The summed E-state index contributed by atoms with van der Waals surface area (Å²) in [5.41, 5.74) is -0.0381. The van der Waals surface area contributed by atoms with Gasteiger partial charge in [-0.1, -0.05) is 12.7 Å². The van der Waals surface area contributed by atoms with Crippen LogP contribution in [-0.4, -0.2) is 9.79 Å². The number of hydrogen-bond donors (Lipinski definition) is 2. The van der Waals surface area contributed by atoms with E-state index < -0.39 is 25.7 Å². The molecule has 7 heteroatoms. The molecule has 0 aromatic heterocycles. The fraction of sp³-hybridized carbons (Fsp3) is 0. The van der Waals surface area contributed by atoms with Gasteiger partial charge in [0.05, 0.1) is 0 Å². The predicted octanol–water partition coefficient (Wildman–Crippen LogP) is 2.38. The molecule has 0 heterocycles. The standard InChI is InChI=1S/C8H5F3.HO3P/c1-2-5-3-4-6(9)8(11)7(5)10;1-4(2)3/h2-4H,1H2;(H-,1,2,3)/p+1. The van der Waals surface area contributed by atoms with Gasteiger partial charge >= 0.3 is 8.25 Å². The van der Waals surface area contributed by atoms with Gasteiger partial charge in [0.15, 0.2) is 17.5 Å². The third-order valence-electron chi connectivity index (χ3n) is 1.28. The lowest BCUT2D eigenvalue weighted by Crippen LogP contribution is -1.92. The predicted molar refractivity (Wildman–Crippen MR) is 48.5 cm³/mol. The first-order chi connectivity index (χ1) is 6.90. The monoisotopic (exact) mass is 239 g/mol. The number of hydrogen-bond acceptors (Lipinski definition) is 1. The van der Waals surface area contributed by atoms with E-state index >= 15 is 0 Å². The maximum Gasteiger partial charge on any atom is 0.692 e. The molecule has 0 saturated carbocycles. The average Bonchev–Trinajstić information content (AvgIpc) is 2.14. The van der Waals surface area contributed by atoms with Crippen LogP contribution < -0.4 is 0 Å². The molecule has 0 spiro atoms. The zero-order valence-corrected chi connectivity index (χ0v) is 8.22. The molecule has 0 aliphatic carbocycles. The normalized spacial score (nSPS) is 8.87. The molecule has 0 radical (unpaired) electrons. The molecular formula is C8H7F3O3P+. The Morgan fingerprint density at radius 1 is 1.20 bits per heavy atom. The largest absolute Gasteiger partial charge is 0.692 e. The van der Waals surface area contributed by atoms with Crippen LogP contribution in [0.1, 0.15) is 5.56 Å². The first-order valence-electron chi connectivity index (χ1n) is 3.51. The molecule has 82 valence electrons. The molecule has 0 aliphatic heterocycles. The van der Waals surface area contributed by atoms with Gasteiger partial charge in [0.2, 0.25) is 0 Å². The van der Waals surface area contributed by atoms with E-state index in [2.05, 4.69) is 6.58 Å². The van der Waals surface area contributed by atoms with E-state index in [4.69, 9.17) is 14.4 Å². The molecule has 15 heavy (non-hydrogen) atoms. The summed E-state index contributed by atoms with van der Waals surface area (Å²) in [5, 5.41) is 0. The maximum absolute atomic E-state index is 12.6. The fourth-order valence-corrected chi connectivity index (χ4v) is 0.698. The van der Waals surface area contributed by atoms with Crippen molar-refractivity contribution in [2.75, 3.05) is 0 Å². The second-order valence-electron chi connectivity index (χ2n) is 2.22. The maximum atomic E-state index is 12.6. The van der Waals surface area contributed by atoms with Crippen LogP contribution in [0.3, 0.4) is 0 Å². The highest BCUT2D eigenvalue weighted by Crippen LogP contribution is 2.15. The van der Waals surface area contributed by atoms with Crippen LogP contribution in [0.4, 0.5) is 13.2 Å². The molecule has 0 aliphatic rings. The Morgan fingerprint density at radius 2 is 1.67 bits per heavy atom. The van der Waals surface area contributed by atoms with Crippen molar-refractivity contribution in [3.63, 3.8) is 0 Å². The summed E-state index contributed by atoms with van der Waals surface area (Å²) in [6, 6.07) is 1.98. The average molecular weight is 239 g/mol. The molecule has 2 N–H and O–H groups in total. The second kappa shape index (κ2) is 6.29. The highest BCUT2D eigenvalue weighted by atomic mass is 31.1. The third-order valence-corrected chi connectivity index (χ3v) is 1.28. The van der Waals surface area contributed by atoms with Gasteiger partial charge < -0.3 is 0 Å². The van der Waals surface area contributed by atoms with Crippen molar-refractivity contribution in [2.24, 2.45) is 0 Å². The summed E-state index contributed by atoms with van der Waals surface area (Å²) in [6.07, 6.45) is 1.12. The van der Waals surface area contributed by atoms with Gasteiger partial charge in [-0.2, -0.15) is 0 Å². The van der Waals surface area contributed by atoms with E-state index in [1.807, 2.05) is 0 Å². The molecule has 1 aromatic rings. The Kier molecular flexibility index (Phi) is 5.77. The highest BCUT2D eigenvalue weighted by molar-refractivity contribution is 7.30. The summed E-state index contributed by atoms with van der Waals surface area (Å²) in [7, 11) is -2.87. The third kappa shape index (κ3) is 4.69. The smallest absolute Gasteiger partial charge is 0.204 e. The molecule has 0 fully saturated rings. The SMILES string of the molecule is C=Cc1ccc(F)c(F)c1F.O=[P+](O)O. The summed E-state index contributed by atoms with van der Waals surface area (Å²) in [6.45, 7) is 3.23. The van der Waals surface area contributed by atoms with E-state index in [1.54, 1.807) is 0 Å². The van der Waals surface area contributed by atoms with Gasteiger partial charge in [-0.3, -0.25) is 0 Å². The molecule has 1 rings (SSSR count). The van der Waals surface area contributed by atoms with E-state index in [0.717, 1.165) is 18.2 Å². The van der Waals surface area contributed by atoms with Crippen molar-refractivity contribution in [3.05, 3.63) is 41.7 Å². The lowest BCUT2D eigenvalue weighted by atomic mass is 10.2. The highest BCUT2D eigenvalue weighted by Gasteiger charge is 2.10.